The quantitative estimate of drug-likeness (QED) is 0.256. The number of hydrogen-bond acceptors (Lipinski definition) is 2. The normalized spacial score (nSPS) is 17.8. The van der Waals surface area contributed by atoms with Gasteiger partial charge in [0.2, 0.25) is 0 Å². The second-order valence-electron chi connectivity index (χ2n) is 13.9. The minimum atomic E-state index is 0.168. The number of pyridine rings is 1. The Balaban J connectivity index is 1.57. The number of nitrogens with zero attached hydrogens (tertiary/aromatic N) is 2. The Morgan fingerprint density at radius 1 is 1.00 bits per heavy atom. The fourth-order valence-electron chi connectivity index (χ4n) is 6.59. The van der Waals surface area contributed by atoms with Gasteiger partial charge in [-0.2, -0.15) is 0 Å². The third-order valence-corrected chi connectivity index (χ3v) is 8.68. The molecule has 0 aliphatic heterocycles. The summed E-state index contributed by atoms with van der Waals surface area (Å²) in [6, 6.07) is 16.1. The van der Waals surface area contributed by atoms with Crippen LogP contribution in [0.15, 0.2) is 67.5 Å². The predicted octanol–water partition coefficient (Wildman–Crippen LogP) is 10.9. The lowest BCUT2D eigenvalue weighted by molar-refractivity contribution is 0.326. The van der Waals surface area contributed by atoms with Crippen LogP contribution in [0.4, 0.5) is 5.82 Å². The average molecular weight is 537 g/mol. The van der Waals surface area contributed by atoms with Gasteiger partial charge in [0.25, 0.3) is 0 Å². The van der Waals surface area contributed by atoms with Crippen LogP contribution in [0.5, 0.6) is 0 Å². The Morgan fingerprint density at radius 3 is 2.35 bits per heavy atom. The second-order valence-corrected chi connectivity index (χ2v) is 13.9. The van der Waals surface area contributed by atoms with Crippen LogP contribution in [-0.2, 0) is 6.42 Å². The minimum Gasteiger partial charge on any atom is -0.330 e. The van der Waals surface area contributed by atoms with E-state index >= 15 is 0 Å². The number of allylic oxidation sites excluding steroid dienone is 2. The van der Waals surface area contributed by atoms with Gasteiger partial charge in [-0.15, -0.1) is 0 Å². The summed E-state index contributed by atoms with van der Waals surface area (Å²) >= 11 is 0. The van der Waals surface area contributed by atoms with E-state index in [0.29, 0.717) is 17.8 Å². The number of aryl methyl sites for hydroxylation is 2. The number of rotatable bonds is 10. The van der Waals surface area contributed by atoms with Crippen molar-refractivity contribution in [3.63, 3.8) is 0 Å². The lowest BCUT2D eigenvalue weighted by Gasteiger charge is -2.36. The molecule has 0 amide bonds. The SMILES string of the molecule is C=C(CC(C)C)c1ccc2c(N(CC3CCC(c4ccc(CC)c(C)c4)CC3)C(=C)CC(C)(C)C)nccc2c1. The van der Waals surface area contributed by atoms with E-state index in [2.05, 4.69) is 109 Å². The second kappa shape index (κ2) is 12.8. The van der Waals surface area contributed by atoms with Gasteiger partial charge in [-0.1, -0.05) is 85.0 Å². The van der Waals surface area contributed by atoms with E-state index in [1.807, 2.05) is 6.20 Å². The highest BCUT2D eigenvalue weighted by Crippen LogP contribution is 2.39. The molecule has 1 aliphatic rings. The standard InChI is InChI=1S/C38H52N2/c1-10-31-15-16-34(22-28(31)5)32-13-11-30(12-14-32)25-40(29(6)24-38(7,8)9)37-36-18-17-33(27(4)21-26(2)3)23-35(36)19-20-39-37/h15-20,22-23,26,30,32H,4,6,10-14,21,24-25H2,1-3,5,7-9H3. The summed E-state index contributed by atoms with van der Waals surface area (Å²) < 4.78 is 0. The van der Waals surface area contributed by atoms with Gasteiger partial charge in [-0.25, -0.2) is 4.98 Å². The van der Waals surface area contributed by atoms with Crippen molar-refractivity contribution in [2.24, 2.45) is 17.3 Å². The largest absolute Gasteiger partial charge is 0.330 e. The van der Waals surface area contributed by atoms with Crippen LogP contribution in [0.25, 0.3) is 16.3 Å². The average Bonchev–Trinajstić information content (AvgIpc) is 2.90. The van der Waals surface area contributed by atoms with E-state index in [4.69, 9.17) is 4.98 Å². The predicted molar refractivity (Wildman–Crippen MR) is 176 cm³/mol. The molecule has 0 N–H and O–H groups in total. The van der Waals surface area contributed by atoms with Crippen LogP contribution in [0.2, 0.25) is 0 Å². The molecular weight excluding hydrogens is 484 g/mol. The van der Waals surface area contributed by atoms with Crippen molar-refractivity contribution in [2.75, 3.05) is 11.4 Å². The molecule has 40 heavy (non-hydrogen) atoms. The van der Waals surface area contributed by atoms with Gasteiger partial charge in [0.15, 0.2) is 0 Å². The molecule has 1 heterocycles. The van der Waals surface area contributed by atoms with Gasteiger partial charge in [0, 0.05) is 23.8 Å². The minimum absolute atomic E-state index is 0.168. The van der Waals surface area contributed by atoms with E-state index in [1.54, 1.807) is 0 Å². The van der Waals surface area contributed by atoms with E-state index in [9.17, 15) is 0 Å². The number of hydrogen-bond donors (Lipinski definition) is 0. The number of benzene rings is 2. The van der Waals surface area contributed by atoms with Crippen molar-refractivity contribution in [1.82, 2.24) is 4.98 Å². The topological polar surface area (TPSA) is 16.1 Å². The lowest BCUT2D eigenvalue weighted by atomic mass is 9.78. The van der Waals surface area contributed by atoms with Gasteiger partial charge in [-0.3, -0.25) is 0 Å². The number of aromatic nitrogens is 1. The molecule has 1 fully saturated rings. The maximum Gasteiger partial charge on any atom is 0.140 e. The molecule has 0 spiro atoms. The molecular formula is C38H52N2. The zero-order chi connectivity index (χ0) is 29.0. The van der Waals surface area contributed by atoms with Gasteiger partial charge < -0.3 is 4.90 Å². The monoisotopic (exact) mass is 536 g/mol. The van der Waals surface area contributed by atoms with Gasteiger partial charge >= 0.3 is 0 Å². The highest BCUT2D eigenvalue weighted by molar-refractivity contribution is 5.94. The first-order valence-corrected chi connectivity index (χ1v) is 15.6. The van der Waals surface area contributed by atoms with E-state index < -0.39 is 0 Å². The van der Waals surface area contributed by atoms with Crippen molar-refractivity contribution >= 4 is 22.2 Å². The maximum absolute atomic E-state index is 4.98. The Morgan fingerprint density at radius 2 is 1.73 bits per heavy atom. The summed E-state index contributed by atoms with van der Waals surface area (Å²) in [4.78, 5) is 7.44. The molecule has 3 aromatic rings. The van der Waals surface area contributed by atoms with Crippen LogP contribution in [0.1, 0.15) is 108 Å². The van der Waals surface area contributed by atoms with E-state index in [1.165, 1.54) is 70.0 Å². The molecule has 214 valence electrons. The molecule has 2 aromatic carbocycles. The third kappa shape index (κ3) is 7.45. The van der Waals surface area contributed by atoms with E-state index in [0.717, 1.165) is 31.6 Å². The summed E-state index contributed by atoms with van der Waals surface area (Å²) in [5, 5.41) is 2.44. The smallest absolute Gasteiger partial charge is 0.140 e. The molecule has 0 saturated heterocycles. The van der Waals surface area contributed by atoms with Crippen molar-refractivity contribution in [1.29, 1.82) is 0 Å². The van der Waals surface area contributed by atoms with Crippen LogP contribution >= 0.6 is 0 Å². The van der Waals surface area contributed by atoms with Crippen LogP contribution in [-0.4, -0.2) is 11.5 Å². The summed E-state index contributed by atoms with van der Waals surface area (Å²) in [5.74, 6) is 2.98. The molecule has 2 nitrogen and oxygen atoms in total. The highest BCUT2D eigenvalue weighted by Gasteiger charge is 2.27. The summed E-state index contributed by atoms with van der Waals surface area (Å²) in [6.07, 6.45) is 10.1. The first kappa shape index (κ1) is 30.1. The van der Waals surface area contributed by atoms with Gasteiger partial charge in [0.05, 0.1) is 0 Å². The van der Waals surface area contributed by atoms with Crippen molar-refractivity contribution in [2.45, 2.75) is 99.3 Å². The van der Waals surface area contributed by atoms with Crippen LogP contribution in [0.3, 0.4) is 0 Å². The Hall–Kier alpha value is -2.87. The fourth-order valence-corrected chi connectivity index (χ4v) is 6.59. The van der Waals surface area contributed by atoms with Gasteiger partial charge in [0.1, 0.15) is 5.82 Å². The highest BCUT2D eigenvalue weighted by atomic mass is 15.2. The van der Waals surface area contributed by atoms with Crippen LogP contribution < -0.4 is 4.90 Å². The molecule has 0 radical (unpaired) electrons. The summed E-state index contributed by atoms with van der Waals surface area (Å²) in [6.45, 7) is 25.9. The third-order valence-electron chi connectivity index (χ3n) is 8.68. The molecule has 1 saturated carbocycles. The first-order valence-electron chi connectivity index (χ1n) is 15.6. The molecule has 0 unspecified atom stereocenters. The lowest BCUT2D eigenvalue weighted by Crippen LogP contribution is -2.32. The summed E-state index contributed by atoms with van der Waals surface area (Å²) in [5.41, 5.74) is 8.25. The van der Waals surface area contributed by atoms with Gasteiger partial charge in [-0.05, 0) is 120 Å². The molecule has 4 rings (SSSR count). The first-order chi connectivity index (χ1) is 18.9. The Bertz CT molecular complexity index is 1330. The van der Waals surface area contributed by atoms with Crippen molar-refractivity contribution in [3.05, 3.63) is 89.8 Å². The fraction of sp³-hybridized carbons (Fsp3) is 0.500. The number of fused-ring (bicyclic) bond motifs is 1. The maximum atomic E-state index is 4.98. The van der Waals surface area contributed by atoms with Crippen LogP contribution in [0, 0.1) is 24.2 Å². The molecule has 2 heteroatoms. The zero-order valence-electron chi connectivity index (χ0n) is 26.3. The van der Waals surface area contributed by atoms with Crippen molar-refractivity contribution < 1.29 is 0 Å². The Labute approximate surface area is 244 Å². The summed E-state index contributed by atoms with van der Waals surface area (Å²) in [7, 11) is 0. The molecule has 0 bridgehead atoms. The Kier molecular flexibility index (Phi) is 9.60. The zero-order valence-corrected chi connectivity index (χ0v) is 26.3. The molecule has 1 aliphatic carbocycles. The molecule has 1 aromatic heterocycles. The van der Waals surface area contributed by atoms with Crippen molar-refractivity contribution in [3.8, 4) is 0 Å². The van der Waals surface area contributed by atoms with E-state index in [-0.39, 0.29) is 5.41 Å². The molecule has 0 atom stereocenters. The number of anilines is 1.